The summed E-state index contributed by atoms with van der Waals surface area (Å²) in [5.41, 5.74) is 1.18. The maximum absolute atomic E-state index is 12.7. The molecule has 0 radical (unpaired) electrons. The zero-order valence-corrected chi connectivity index (χ0v) is 18.8. The summed E-state index contributed by atoms with van der Waals surface area (Å²) in [6.45, 7) is 3.53. The number of ether oxygens (including phenoxy) is 2. The average Bonchev–Trinajstić information content (AvgIpc) is 3.40. The molecule has 0 atom stereocenters. The molecule has 0 N–H and O–H groups in total. The van der Waals surface area contributed by atoms with Gasteiger partial charge in [-0.05, 0) is 43.0 Å². The van der Waals surface area contributed by atoms with E-state index in [0.717, 1.165) is 22.2 Å². The first kappa shape index (κ1) is 22.8. The van der Waals surface area contributed by atoms with Crippen LogP contribution in [0.4, 0.5) is 4.79 Å². The molecule has 0 saturated carbocycles. The lowest BCUT2D eigenvalue weighted by Crippen LogP contribution is -2.46. The minimum absolute atomic E-state index is 0.188. The summed E-state index contributed by atoms with van der Waals surface area (Å²) in [6, 6.07) is 10.2. The van der Waals surface area contributed by atoms with Crippen molar-refractivity contribution in [3.63, 3.8) is 0 Å². The van der Waals surface area contributed by atoms with Gasteiger partial charge in [-0.1, -0.05) is 12.1 Å². The number of nitrogens with zero attached hydrogens (tertiary/aromatic N) is 2. The molecule has 10 heteroatoms. The van der Waals surface area contributed by atoms with Gasteiger partial charge in [-0.15, -0.1) is 0 Å². The topological polar surface area (TPSA) is 106 Å². The lowest BCUT2D eigenvalue weighted by atomic mass is 10.1. The van der Waals surface area contributed by atoms with Crippen LogP contribution in [0.25, 0.3) is 17.4 Å². The zero-order valence-electron chi connectivity index (χ0n) is 17.9. The molecule has 0 spiro atoms. The second-order valence-corrected chi connectivity index (χ2v) is 8.25. The number of carbonyl (C=O) groups is 4. The largest absolute Gasteiger partial charge is 0.462 e. The van der Waals surface area contributed by atoms with Gasteiger partial charge in [0.2, 0.25) is 5.91 Å². The molecule has 2 fully saturated rings. The minimum Gasteiger partial charge on any atom is -0.462 e. The Bertz CT molecular complexity index is 1100. The number of morpholine rings is 1. The Hall–Kier alpha value is -3.37. The van der Waals surface area contributed by atoms with Crippen LogP contribution < -0.4 is 0 Å². The number of benzene rings is 1. The van der Waals surface area contributed by atoms with Crippen LogP contribution in [0.1, 0.15) is 23.0 Å². The second-order valence-electron chi connectivity index (χ2n) is 7.26. The van der Waals surface area contributed by atoms with Crippen LogP contribution in [-0.2, 0) is 19.1 Å². The molecule has 2 aliphatic heterocycles. The van der Waals surface area contributed by atoms with Crippen LogP contribution in [0.2, 0.25) is 0 Å². The molecule has 9 nitrogen and oxygen atoms in total. The Morgan fingerprint density at radius 1 is 1.09 bits per heavy atom. The third kappa shape index (κ3) is 5.18. The van der Waals surface area contributed by atoms with Crippen molar-refractivity contribution in [3.05, 3.63) is 52.6 Å². The predicted molar refractivity (Wildman–Crippen MR) is 120 cm³/mol. The van der Waals surface area contributed by atoms with E-state index in [0.29, 0.717) is 50.0 Å². The third-order valence-electron chi connectivity index (χ3n) is 5.11. The van der Waals surface area contributed by atoms with Crippen LogP contribution in [0.3, 0.4) is 0 Å². The normalized spacial score (nSPS) is 17.7. The Morgan fingerprint density at radius 2 is 1.82 bits per heavy atom. The van der Waals surface area contributed by atoms with E-state index < -0.39 is 17.1 Å². The van der Waals surface area contributed by atoms with Crippen molar-refractivity contribution in [2.45, 2.75) is 6.92 Å². The van der Waals surface area contributed by atoms with E-state index in [9.17, 15) is 19.2 Å². The number of imide groups is 1. The summed E-state index contributed by atoms with van der Waals surface area (Å²) >= 11 is 0.772. The Balaban J connectivity index is 1.43. The van der Waals surface area contributed by atoms with E-state index in [1.807, 2.05) is 0 Å². The van der Waals surface area contributed by atoms with Gasteiger partial charge in [-0.2, -0.15) is 0 Å². The van der Waals surface area contributed by atoms with Gasteiger partial charge >= 0.3 is 5.97 Å². The number of rotatable bonds is 6. The highest BCUT2D eigenvalue weighted by molar-refractivity contribution is 8.18. The van der Waals surface area contributed by atoms with E-state index in [4.69, 9.17) is 13.9 Å². The van der Waals surface area contributed by atoms with Gasteiger partial charge in [0.25, 0.3) is 11.1 Å². The van der Waals surface area contributed by atoms with Crippen LogP contribution in [0, 0.1) is 0 Å². The van der Waals surface area contributed by atoms with Gasteiger partial charge in [0.1, 0.15) is 18.1 Å². The number of amides is 3. The van der Waals surface area contributed by atoms with Gasteiger partial charge in [0.15, 0.2) is 0 Å². The van der Waals surface area contributed by atoms with Gasteiger partial charge in [0, 0.05) is 24.7 Å². The molecule has 4 rings (SSSR count). The van der Waals surface area contributed by atoms with Crippen molar-refractivity contribution in [2.75, 3.05) is 39.5 Å². The van der Waals surface area contributed by atoms with Crippen molar-refractivity contribution < 1.29 is 33.1 Å². The van der Waals surface area contributed by atoms with E-state index >= 15 is 0 Å². The number of hydrogen-bond donors (Lipinski definition) is 0. The van der Waals surface area contributed by atoms with Crippen molar-refractivity contribution in [3.8, 4) is 11.3 Å². The Labute approximate surface area is 194 Å². The summed E-state index contributed by atoms with van der Waals surface area (Å²) in [5, 5.41) is -0.491. The number of carbonyl (C=O) groups excluding carboxylic acids is 4. The van der Waals surface area contributed by atoms with Gasteiger partial charge in [-0.3, -0.25) is 19.3 Å². The minimum atomic E-state index is -0.525. The van der Waals surface area contributed by atoms with Crippen LogP contribution in [0.15, 0.2) is 45.7 Å². The molecule has 172 valence electrons. The van der Waals surface area contributed by atoms with Gasteiger partial charge in [0.05, 0.1) is 30.3 Å². The van der Waals surface area contributed by atoms with E-state index in [1.165, 1.54) is 6.08 Å². The number of furan rings is 1. The SMILES string of the molecule is CCOC(=O)c1ccc(-c2ccc(/C=C3/SC(=O)N(CC(=O)N4CCOCC4)C3=O)o2)cc1. The number of hydrogen-bond acceptors (Lipinski definition) is 8. The molecular formula is C23H22N2O7S. The third-order valence-corrected chi connectivity index (χ3v) is 6.02. The van der Waals surface area contributed by atoms with Gasteiger partial charge < -0.3 is 18.8 Å². The Morgan fingerprint density at radius 3 is 2.52 bits per heavy atom. The van der Waals surface area contributed by atoms with Crippen LogP contribution >= 0.6 is 11.8 Å². The quantitative estimate of drug-likeness (QED) is 0.469. The molecule has 2 saturated heterocycles. The van der Waals surface area contributed by atoms with Crippen LogP contribution in [0.5, 0.6) is 0 Å². The maximum Gasteiger partial charge on any atom is 0.338 e. The smallest absolute Gasteiger partial charge is 0.338 e. The lowest BCUT2D eigenvalue weighted by molar-refractivity contribution is -0.139. The lowest BCUT2D eigenvalue weighted by Gasteiger charge is -2.27. The monoisotopic (exact) mass is 470 g/mol. The first-order chi connectivity index (χ1) is 16.0. The maximum atomic E-state index is 12.7. The molecule has 2 aliphatic rings. The molecule has 3 heterocycles. The summed E-state index contributed by atoms with van der Waals surface area (Å²) < 4.78 is 16.0. The average molecular weight is 471 g/mol. The van der Waals surface area contributed by atoms with Crippen LogP contribution in [-0.4, -0.2) is 72.3 Å². The van der Waals surface area contributed by atoms with Crippen molar-refractivity contribution in [1.82, 2.24) is 9.80 Å². The van der Waals surface area contributed by atoms with Crippen molar-refractivity contribution >= 4 is 40.9 Å². The van der Waals surface area contributed by atoms with Crippen molar-refractivity contribution in [2.24, 2.45) is 0 Å². The molecule has 0 unspecified atom stereocenters. The molecule has 33 heavy (non-hydrogen) atoms. The van der Waals surface area contributed by atoms with E-state index in [1.54, 1.807) is 48.2 Å². The number of thioether (sulfide) groups is 1. The summed E-state index contributed by atoms with van der Waals surface area (Å²) in [7, 11) is 0. The molecule has 1 aromatic heterocycles. The fourth-order valence-corrected chi connectivity index (χ4v) is 4.20. The molecule has 0 bridgehead atoms. The molecule has 2 aromatic rings. The first-order valence-electron chi connectivity index (χ1n) is 10.4. The molecule has 1 aromatic carbocycles. The second kappa shape index (κ2) is 10.1. The predicted octanol–water partition coefficient (Wildman–Crippen LogP) is 3.02. The van der Waals surface area contributed by atoms with E-state index in [2.05, 4.69) is 0 Å². The summed E-state index contributed by atoms with van der Waals surface area (Å²) in [5.74, 6) is -0.272. The van der Waals surface area contributed by atoms with E-state index in [-0.39, 0.29) is 17.4 Å². The first-order valence-corrected chi connectivity index (χ1v) is 11.3. The standard InChI is InChI=1S/C23H22N2O7S/c1-2-31-22(28)16-5-3-15(4-6-16)18-8-7-17(32-18)13-19-21(27)25(23(29)33-19)14-20(26)24-9-11-30-12-10-24/h3-8,13H,2,9-12,14H2,1H3/b19-13+. The molecule has 3 amide bonds. The summed E-state index contributed by atoms with van der Waals surface area (Å²) in [4.78, 5) is 52.0. The van der Waals surface area contributed by atoms with Crippen molar-refractivity contribution in [1.29, 1.82) is 0 Å². The molecule has 0 aliphatic carbocycles. The molecular weight excluding hydrogens is 448 g/mol. The zero-order chi connectivity index (χ0) is 23.4. The summed E-state index contributed by atoms with van der Waals surface area (Å²) in [6.07, 6.45) is 1.49. The fraction of sp³-hybridized carbons (Fsp3) is 0.304. The highest BCUT2D eigenvalue weighted by Gasteiger charge is 2.37. The highest BCUT2D eigenvalue weighted by atomic mass is 32.2. The number of esters is 1. The highest BCUT2D eigenvalue weighted by Crippen LogP contribution is 2.33. The Kier molecular flexibility index (Phi) is 6.95. The fourth-order valence-electron chi connectivity index (χ4n) is 3.38. The van der Waals surface area contributed by atoms with Gasteiger partial charge in [-0.25, -0.2) is 4.79 Å².